The molecule has 57 heavy (non-hydrogen) atoms. The molecule has 0 spiro atoms. The highest BCUT2D eigenvalue weighted by molar-refractivity contribution is 7.47. The Morgan fingerprint density at radius 3 is 1.75 bits per heavy atom. The van der Waals surface area contributed by atoms with Crippen LogP contribution in [0.2, 0.25) is 0 Å². The number of phosphoric ester groups is 1. The second-order valence-electron chi connectivity index (χ2n) is 15.8. The summed E-state index contributed by atoms with van der Waals surface area (Å²) in [5, 5.41) is 20.2. The van der Waals surface area contributed by atoms with Crippen molar-refractivity contribution in [3.63, 3.8) is 0 Å². The predicted molar refractivity (Wildman–Crippen MR) is 236 cm³/mol. The highest BCUT2D eigenvalue weighted by Crippen LogP contribution is 2.43. The molecule has 0 radical (unpaired) electrons. The normalized spacial score (nSPS) is 15.5. The number of allylic oxidation sites excluding steroid dienone is 9. The van der Waals surface area contributed by atoms with Crippen molar-refractivity contribution in [2.75, 3.05) is 47.5 Å². The lowest BCUT2D eigenvalue weighted by atomic mass is 10.1. The lowest BCUT2D eigenvalue weighted by molar-refractivity contribution is -0.870. The van der Waals surface area contributed by atoms with Crippen LogP contribution >= 0.6 is 7.82 Å². The van der Waals surface area contributed by atoms with Gasteiger partial charge in [0.2, 0.25) is 0 Å². The van der Waals surface area contributed by atoms with Gasteiger partial charge in [-0.15, -0.1) is 0 Å². The van der Waals surface area contributed by atoms with Crippen LogP contribution in [0.15, 0.2) is 73.1 Å². The molecule has 0 bridgehead atoms. The van der Waals surface area contributed by atoms with Gasteiger partial charge in [-0.1, -0.05) is 139 Å². The number of nitrogens with zero attached hydrogens (tertiary/aromatic N) is 1. The first-order valence-corrected chi connectivity index (χ1v) is 23.4. The van der Waals surface area contributed by atoms with Gasteiger partial charge >= 0.3 is 13.8 Å². The monoisotopic (exact) mass is 825 g/mol. The van der Waals surface area contributed by atoms with Gasteiger partial charge in [-0.05, 0) is 70.3 Å². The molecule has 10 nitrogen and oxygen atoms in total. The van der Waals surface area contributed by atoms with E-state index >= 15 is 0 Å². The third-order valence-corrected chi connectivity index (χ3v) is 10.00. The molecular formula is C46H83NO9P+. The fourth-order valence-corrected chi connectivity index (χ4v) is 6.23. The van der Waals surface area contributed by atoms with E-state index in [0.717, 1.165) is 57.8 Å². The average Bonchev–Trinajstić information content (AvgIpc) is 3.15. The summed E-state index contributed by atoms with van der Waals surface area (Å²) in [6, 6.07) is 0. The summed E-state index contributed by atoms with van der Waals surface area (Å²) < 4.78 is 34.5. The lowest BCUT2D eigenvalue weighted by Crippen LogP contribution is -2.37. The molecule has 0 heterocycles. The fraction of sp³-hybridized carbons (Fsp3) is 0.717. The number of unbranched alkanes of at least 4 members (excludes halogenated alkanes) is 13. The first kappa shape index (κ1) is 54.7. The van der Waals surface area contributed by atoms with Crippen LogP contribution in [0.5, 0.6) is 0 Å². The minimum atomic E-state index is -4.36. The maximum absolute atomic E-state index is 12.7. The van der Waals surface area contributed by atoms with Gasteiger partial charge < -0.3 is 29.1 Å². The standard InChI is InChI=1S/C46H82NO9P/c1-6-8-10-11-12-13-14-15-16-17-18-19-20-24-27-31-39-53-41-45(42-55-57(51,52)54-40-38-47(3,4)5)56-46(50)37-32-36-44(49)35-30-26-23-21-22-25-29-34-43(48)33-28-9-7-2/h15-16,22-23,25-26,29-31,34-35,39,43-45,48-49H,6-14,17-21,24,27-28,32-33,36-38,40-42H2,1-5H3/p+1/b16-15-,25-22-,26-23-,34-29+,35-30+,39-31+/t43-,44-,45-/m1/s1. The minimum Gasteiger partial charge on any atom is -0.498 e. The molecule has 330 valence electrons. The number of ether oxygens (including phenoxy) is 2. The molecule has 0 saturated heterocycles. The summed E-state index contributed by atoms with van der Waals surface area (Å²) >= 11 is 0. The quantitative estimate of drug-likeness (QED) is 0.0105. The average molecular weight is 825 g/mol. The molecule has 11 heteroatoms. The van der Waals surface area contributed by atoms with Crippen LogP contribution in [-0.4, -0.2) is 91.4 Å². The number of hydrogen-bond acceptors (Lipinski definition) is 8. The molecule has 0 aromatic heterocycles. The topological polar surface area (TPSA) is 132 Å². The Kier molecular flexibility index (Phi) is 36.4. The molecular weight excluding hydrogens is 741 g/mol. The van der Waals surface area contributed by atoms with Gasteiger partial charge in [0.25, 0.3) is 0 Å². The maximum Gasteiger partial charge on any atom is 0.472 e. The molecule has 0 fully saturated rings. The van der Waals surface area contributed by atoms with Crippen molar-refractivity contribution in [3.8, 4) is 0 Å². The van der Waals surface area contributed by atoms with Crippen molar-refractivity contribution >= 4 is 13.8 Å². The molecule has 4 atom stereocenters. The van der Waals surface area contributed by atoms with Crippen molar-refractivity contribution in [1.82, 2.24) is 0 Å². The Bertz CT molecular complexity index is 1170. The molecule has 0 aromatic rings. The molecule has 0 aliphatic rings. The van der Waals surface area contributed by atoms with Crippen LogP contribution in [0, 0.1) is 0 Å². The van der Waals surface area contributed by atoms with Crippen LogP contribution in [0.1, 0.15) is 149 Å². The van der Waals surface area contributed by atoms with Gasteiger partial charge in [-0.25, -0.2) is 4.57 Å². The zero-order valence-corrected chi connectivity index (χ0v) is 37.4. The Labute approximate surface area is 348 Å². The number of quaternary nitrogens is 1. The van der Waals surface area contributed by atoms with Gasteiger partial charge in [0.05, 0.1) is 46.2 Å². The van der Waals surface area contributed by atoms with E-state index in [4.69, 9.17) is 18.5 Å². The summed E-state index contributed by atoms with van der Waals surface area (Å²) in [6.45, 7) is 4.53. The van der Waals surface area contributed by atoms with Crippen LogP contribution in [0.25, 0.3) is 0 Å². The number of rotatable bonds is 39. The number of carbonyl (C=O) groups excluding carboxylic acids is 1. The summed E-state index contributed by atoms with van der Waals surface area (Å²) in [7, 11) is 1.47. The zero-order valence-electron chi connectivity index (χ0n) is 36.5. The molecule has 0 aromatic carbocycles. The second-order valence-corrected chi connectivity index (χ2v) is 17.3. The van der Waals surface area contributed by atoms with Crippen molar-refractivity contribution in [1.29, 1.82) is 0 Å². The maximum atomic E-state index is 12.7. The van der Waals surface area contributed by atoms with E-state index in [9.17, 15) is 24.5 Å². The van der Waals surface area contributed by atoms with E-state index in [2.05, 4.69) is 26.0 Å². The SMILES string of the molecule is CCCCCCCC/C=C\CCCCCC/C=C/OC[C@H](COP(=O)(O)OCC[N+](C)(C)C)OC(=O)CCC[C@H](O)/C=C/C=C\C/C=C\C=C\[C@H](O)CCCCC. The third-order valence-electron chi connectivity index (χ3n) is 9.01. The Morgan fingerprint density at radius 2 is 1.18 bits per heavy atom. The van der Waals surface area contributed by atoms with E-state index in [1.165, 1.54) is 57.8 Å². The Hall–Kier alpha value is -2.30. The van der Waals surface area contributed by atoms with E-state index in [1.54, 1.807) is 24.5 Å². The second kappa shape index (κ2) is 37.9. The van der Waals surface area contributed by atoms with Gasteiger partial charge in [0, 0.05) is 6.42 Å². The number of phosphoric acid groups is 1. The lowest BCUT2D eigenvalue weighted by Gasteiger charge is -2.24. The van der Waals surface area contributed by atoms with Crippen molar-refractivity contribution in [3.05, 3.63) is 73.1 Å². The highest BCUT2D eigenvalue weighted by atomic mass is 31.2. The summed E-state index contributed by atoms with van der Waals surface area (Å²) in [6.07, 6.45) is 42.4. The minimum absolute atomic E-state index is 0.0310. The molecule has 0 aliphatic carbocycles. The largest absolute Gasteiger partial charge is 0.498 e. The molecule has 0 saturated carbocycles. The summed E-state index contributed by atoms with van der Waals surface area (Å²) in [5.74, 6) is -0.516. The summed E-state index contributed by atoms with van der Waals surface area (Å²) in [4.78, 5) is 22.9. The number of likely N-dealkylation sites (N-methyl/N-ethyl adjacent to an activating group) is 1. The number of carbonyl (C=O) groups is 1. The van der Waals surface area contributed by atoms with Crippen LogP contribution in [-0.2, 0) is 27.9 Å². The fourth-order valence-electron chi connectivity index (χ4n) is 5.49. The van der Waals surface area contributed by atoms with E-state index < -0.39 is 32.1 Å². The van der Waals surface area contributed by atoms with E-state index in [1.807, 2.05) is 57.6 Å². The van der Waals surface area contributed by atoms with Crippen LogP contribution in [0.4, 0.5) is 0 Å². The molecule has 0 aliphatic heterocycles. The van der Waals surface area contributed by atoms with Gasteiger partial charge in [0.15, 0.2) is 6.10 Å². The predicted octanol–water partition coefficient (Wildman–Crippen LogP) is 11.0. The van der Waals surface area contributed by atoms with Crippen molar-refractivity contribution in [2.24, 2.45) is 0 Å². The van der Waals surface area contributed by atoms with Crippen LogP contribution < -0.4 is 0 Å². The van der Waals surface area contributed by atoms with Crippen molar-refractivity contribution < 1.29 is 47.5 Å². The van der Waals surface area contributed by atoms with Gasteiger partial charge in [-0.3, -0.25) is 13.8 Å². The Balaban J connectivity index is 4.58. The first-order valence-electron chi connectivity index (χ1n) is 21.9. The smallest absolute Gasteiger partial charge is 0.472 e. The molecule has 3 N–H and O–H groups in total. The summed E-state index contributed by atoms with van der Waals surface area (Å²) in [5.41, 5.74) is 0. The van der Waals surface area contributed by atoms with Crippen molar-refractivity contribution in [2.45, 2.75) is 167 Å². The van der Waals surface area contributed by atoms with Gasteiger partial charge in [0.1, 0.15) is 19.8 Å². The highest BCUT2D eigenvalue weighted by Gasteiger charge is 2.26. The van der Waals surface area contributed by atoms with E-state index in [-0.39, 0.29) is 26.2 Å². The Morgan fingerprint density at radius 1 is 0.649 bits per heavy atom. The molecule has 1 unspecified atom stereocenters. The van der Waals surface area contributed by atoms with E-state index in [0.29, 0.717) is 23.9 Å². The van der Waals surface area contributed by atoms with Gasteiger partial charge in [-0.2, -0.15) is 0 Å². The van der Waals surface area contributed by atoms with Crippen LogP contribution in [0.3, 0.4) is 0 Å². The number of aliphatic hydroxyl groups is 2. The number of aliphatic hydroxyl groups excluding tert-OH is 2. The zero-order chi connectivity index (χ0) is 42.3. The molecule has 0 amide bonds. The molecule has 0 rings (SSSR count). The first-order chi connectivity index (χ1) is 27.4. The number of esters is 1. The third kappa shape index (κ3) is 41.7. The number of hydrogen-bond donors (Lipinski definition) is 3.